The second-order valence-corrected chi connectivity index (χ2v) is 6.19. The average molecular weight is 355 g/mol. The van der Waals surface area contributed by atoms with Crippen LogP contribution in [-0.2, 0) is 11.3 Å². The number of nitrogens with one attached hydrogen (secondary N) is 1. The molecular weight excluding hydrogens is 330 g/mol. The van der Waals surface area contributed by atoms with Crippen molar-refractivity contribution >= 4 is 17.9 Å². The molecule has 1 amide bonds. The summed E-state index contributed by atoms with van der Waals surface area (Å²) in [6.07, 6.45) is 1.52. The van der Waals surface area contributed by atoms with Gasteiger partial charge in [0.25, 0.3) is 0 Å². The van der Waals surface area contributed by atoms with Crippen LogP contribution in [0.2, 0.25) is 0 Å². The third-order valence-electron chi connectivity index (χ3n) is 4.45. The van der Waals surface area contributed by atoms with Gasteiger partial charge in [-0.3, -0.25) is 0 Å². The highest BCUT2D eigenvalue weighted by atomic mass is 16.6. The van der Waals surface area contributed by atoms with Crippen LogP contribution in [0.4, 0.5) is 16.6 Å². The van der Waals surface area contributed by atoms with Crippen molar-refractivity contribution in [3.8, 4) is 0 Å². The van der Waals surface area contributed by atoms with Crippen LogP contribution >= 0.6 is 0 Å². The Morgan fingerprint density at radius 1 is 1.19 bits per heavy atom. The summed E-state index contributed by atoms with van der Waals surface area (Å²) in [5, 5.41) is 3.36. The topological polar surface area (TPSA) is 70.6 Å². The summed E-state index contributed by atoms with van der Waals surface area (Å²) in [4.78, 5) is 24.6. The number of benzene rings is 1. The standard InChI is InChI=1S/C19H25N5O2/c1-3-26-19(25)24-12-10-23(11-13-24)18-20-9-8-17(22-18)21-14-16-7-5-4-6-15(16)2/h4-9H,3,10-14H2,1-2H3,(H,20,21,22). The summed E-state index contributed by atoms with van der Waals surface area (Å²) in [6, 6.07) is 10.2. The maximum absolute atomic E-state index is 11.8. The third-order valence-corrected chi connectivity index (χ3v) is 4.45. The van der Waals surface area contributed by atoms with Gasteiger partial charge in [0.15, 0.2) is 0 Å². The van der Waals surface area contributed by atoms with Crippen molar-refractivity contribution in [3.63, 3.8) is 0 Å². The zero-order valence-corrected chi connectivity index (χ0v) is 15.3. The highest BCUT2D eigenvalue weighted by Crippen LogP contribution is 2.15. The van der Waals surface area contributed by atoms with E-state index in [0.717, 1.165) is 12.4 Å². The van der Waals surface area contributed by atoms with Gasteiger partial charge in [0.2, 0.25) is 5.95 Å². The third kappa shape index (κ3) is 4.41. The minimum Gasteiger partial charge on any atom is -0.450 e. The van der Waals surface area contributed by atoms with E-state index in [4.69, 9.17) is 4.74 Å². The maximum Gasteiger partial charge on any atom is 0.409 e. The van der Waals surface area contributed by atoms with Gasteiger partial charge in [0, 0.05) is 38.9 Å². The molecule has 138 valence electrons. The van der Waals surface area contributed by atoms with Gasteiger partial charge in [-0.2, -0.15) is 4.98 Å². The number of carbonyl (C=O) groups is 1. The normalized spacial score (nSPS) is 14.2. The van der Waals surface area contributed by atoms with Gasteiger partial charge >= 0.3 is 6.09 Å². The zero-order valence-electron chi connectivity index (χ0n) is 15.3. The molecule has 2 aromatic rings. The van der Waals surface area contributed by atoms with Crippen LogP contribution in [0, 0.1) is 6.92 Å². The van der Waals surface area contributed by atoms with Crippen molar-refractivity contribution in [1.82, 2.24) is 14.9 Å². The number of nitrogens with zero attached hydrogens (tertiary/aromatic N) is 4. The lowest BCUT2D eigenvalue weighted by Crippen LogP contribution is -2.49. The van der Waals surface area contributed by atoms with Gasteiger partial charge in [0.05, 0.1) is 6.61 Å². The van der Waals surface area contributed by atoms with Gasteiger partial charge in [-0.1, -0.05) is 24.3 Å². The largest absolute Gasteiger partial charge is 0.450 e. The monoisotopic (exact) mass is 355 g/mol. The summed E-state index contributed by atoms with van der Waals surface area (Å²) < 4.78 is 5.05. The molecule has 1 N–H and O–H groups in total. The summed E-state index contributed by atoms with van der Waals surface area (Å²) >= 11 is 0. The molecule has 1 aliphatic heterocycles. The van der Waals surface area contributed by atoms with Crippen molar-refractivity contribution in [1.29, 1.82) is 0 Å². The molecule has 1 fully saturated rings. The second-order valence-electron chi connectivity index (χ2n) is 6.19. The van der Waals surface area contributed by atoms with Crippen LogP contribution < -0.4 is 10.2 Å². The van der Waals surface area contributed by atoms with Gasteiger partial charge in [-0.15, -0.1) is 0 Å². The lowest BCUT2D eigenvalue weighted by atomic mass is 10.1. The van der Waals surface area contributed by atoms with Crippen molar-refractivity contribution in [2.45, 2.75) is 20.4 Å². The molecule has 0 radical (unpaired) electrons. The summed E-state index contributed by atoms with van der Waals surface area (Å²) in [7, 11) is 0. The highest BCUT2D eigenvalue weighted by Gasteiger charge is 2.23. The van der Waals surface area contributed by atoms with Crippen molar-refractivity contribution in [2.24, 2.45) is 0 Å². The van der Waals surface area contributed by atoms with Gasteiger partial charge in [-0.25, -0.2) is 9.78 Å². The molecule has 0 aliphatic carbocycles. The number of rotatable bonds is 5. The van der Waals surface area contributed by atoms with Crippen molar-refractivity contribution < 1.29 is 9.53 Å². The minimum absolute atomic E-state index is 0.248. The first-order chi connectivity index (χ1) is 12.7. The van der Waals surface area contributed by atoms with E-state index in [1.165, 1.54) is 11.1 Å². The first kappa shape index (κ1) is 18.0. The fourth-order valence-electron chi connectivity index (χ4n) is 2.90. The van der Waals surface area contributed by atoms with E-state index in [1.807, 2.05) is 25.1 Å². The van der Waals surface area contributed by atoms with E-state index in [-0.39, 0.29) is 6.09 Å². The number of hydrogen-bond acceptors (Lipinski definition) is 6. The Hall–Kier alpha value is -2.83. The number of ether oxygens (including phenoxy) is 1. The Bertz CT molecular complexity index is 744. The van der Waals surface area contributed by atoms with Crippen LogP contribution in [-0.4, -0.2) is 53.7 Å². The number of aryl methyl sites for hydroxylation is 1. The van der Waals surface area contributed by atoms with Gasteiger partial charge in [0.1, 0.15) is 5.82 Å². The number of hydrogen-bond donors (Lipinski definition) is 1. The number of piperazine rings is 1. The van der Waals surface area contributed by atoms with E-state index in [2.05, 4.69) is 39.2 Å². The first-order valence-corrected chi connectivity index (χ1v) is 8.95. The first-order valence-electron chi connectivity index (χ1n) is 8.95. The molecule has 3 rings (SSSR count). The molecule has 0 atom stereocenters. The summed E-state index contributed by atoms with van der Waals surface area (Å²) in [6.45, 7) is 7.66. The molecule has 0 unspecified atom stereocenters. The SMILES string of the molecule is CCOC(=O)N1CCN(c2nccc(NCc3ccccc3C)n2)CC1. The molecular formula is C19H25N5O2. The molecule has 0 bridgehead atoms. The fourth-order valence-corrected chi connectivity index (χ4v) is 2.90. The Labute approximate surface area is 154 Å². The fraction of sp³-hybridized carbons (Fsp3) is 0.421. The molecule has 1 saturated heterocycles. The van der Waals surface area contributed by atoms with Gasteiger partial charge < -0.3 is 19.9 Å². The van der Waals surface area contributed by atoms with Gasteiger partial charge in [-0.05, 0) is 31.0 Å². The van der Waals surface area contributed by atoms with Crippen LogP contribution in [0.5, 0.6) is 0 Å². The lowest BCUT2D eigenvalue weighted by Gasteiger charge is -2.34. The number of amides is 1. The van der Waals surface area contributed by atoms with E-state index in [9.17, 15) is 4.79 Å². The second kappa shape index (κ2) is 8.51. The predicted molar refractivity (Wildman–Crippen MR) is 101 cm³/mol. The predicted octanol–water partition coefficient (Wildman–Crippen LogP) is 2.68. The van der Waals surface area contributed by atoms with Crippen LogP contribution in [0.3, 0.4) is 0 Å². The zero-order chi connectivity index (χ0) is 18.4. The van der Waals surface area contributed by atoms with E-state index < -0.39 is 0 Å². The van der Waals surface area contributed by atoms with E-state index in [1.54, 1.807) is 11.1 Å². The molecule has 1 aromatic heterocycles. The molecule has 7 heteroatoms. The molecule has 2 heterocycles. The maximum atomic E-state index is 11.8. The Balaban J connectivity index is 1.58. The molecule has 26 heavy (non-hydrogen) atoms. The van der Waals surface area contributed by atoms with Crippen molar-refractivity contribution in [2.75, 3.05) is 43.0 Å². The number of carbonyl (C=O) groups excluding carboxylic acids is 1. The summed E-state index contributed by atoms with van der Waals surface area (Å²) in [5.74, 6) is 1.48. The molecule has 0 spiro atoms. The van der Waals surface area contributed by atoms with Crippen molar-refractivity contribution in [3.05, 3.63) is 47.7 Å². The molecule has 0 saturated carbocycles. The smallest absolute Gasteiger partial charge is 0.409 e. The van der Waals surface area contributed by atoms with Crippen LogP contribution in [0.25, 0.3) is 0 Å². The molecule has 1 aromatic carbocycles. The Kier molecular flexibility index (Phi) is 5.88. The number of anilines is 2. The number of aromatic nitrogens is 2. The van der Waals surface area contributed by atoms with E-state index >= 15 is 0 Å². The molecule has 7 nitrogen and oxygen atoms in total. The lowest BCUT2D eigenvalue weighted by molar-refractivity contribution is 0.105. The highest BCUT2D eigenvalue weighted by molar-refractivity contribution is 5.68. The minimum atomic E-state index is -0.248. The Morgan fingerprint density at radius 3 is 2.69 bits per heavy atom. The van der Waals surface area contributed by atoms with Crippen LogP contribution in [0.15, 0.2) is 36.5 Å². The van der Waals surface area contributed by atoms with Crippen LogP contribution in [0.1, 0.15) is 18.1 Å². The summed E-state index contributed by atoms with van der Waals surface area (Å²) in [5.41, 5.74) is 2.50. The van der Waals surface area contributed by atoms with E-state index in [0.29, 0.717) is 38.7 Å². The quantitative estimate of drug-likeness (QED) is 0.889. The average Bonchev–Trinajstić information content (AvgIpc) is 2.68. The molecule has 1 aliphatic rings. The Morgan fingerprint density at radius 2 is 1.96 bits per heavy atom.